The van der Waals surface area contributed by atoms with Crippen LogP contribution in [0.5, 0.6) is 5.75 Å². The third-order valence-electron chi connectivity index (χ3n) is 4.20. The molecule has 1 aromatic carbocycles. The zero-order valence-corrected chi connectivity index (χ0v) is 13.9. The van der Waals surface area contributed by atoms with Crippen molar-refractivity contribution in [1.29, 1.82) is 0 Å². The summed E-state index contributed by atoms with van der Waals surface area (Å²) in [6.45, 7) is 7.07. The molecule has 1 aliphatic heterocycles. The Morgan fingerprint density at radius 2 is 2.23 bits per heavy atom. The Hall–Kier alpha value is -1.55. The number of aryl methyl sites for hydroxylation is 2. The molecule has 0 bridgehead atoms. The lowest BCUT2D eigenvalue weighted by atomic mass is 10.1. The van der Waals surface area contributed by atoms with Crippen molar-refractivity contribution in [2.45, 2.75) is 58.6 Å². The average Bonchev–Trinajstić information content (AvgIpc) is 3.00. The summed E-state index contributed by atoms with van der Waals surface area (Å²) in [5.41, 5.74) is 2.39. The van der Waals surface area contributed by atoms with Crippen LogP contribution >= 0.6 is 0 Å². The number of amides is 1. The molecular weight excluding hydrogens is 278 g/mol. The first-order valence-electron chi connectivity index (χ1n) is 8.15. The third kappa shape index (κ3) is 5.34. The summed E-state index contributed by atoms with van der Waals surface area (Å²) in [5, 5.41) is 2.98. The fourth-order valence-electron chi connectivity index (χ4n) is 2.65. The second kappa shape index (κ2) is 8.18. The van der Waals surface area contributed by atoms with Crippen LogP contribution in [0, 0.1) is 13.8 Å². The summed E-state index contributed by atoms with van der Waals surface area (Å²) in [6.07, 6.45) is 4.65. The van der Waals surface area contributed by atoms with Gasteiger partial charge in [-0.1, -0.05) is 6.07 Å². The molecule has 122 valence electrons. The predicted octanol–water partition coefficient (Wildman–Crippen LogP) is 3.15. The Morgan fingerprint density at radius 3 is 2.91 bits per heavy atom. The van der Waals surface area contributed by atoms with Crippen LogP contribution < -0.4 is 10.1 Å². The zero-order chi connectivity index (χ0) is 15.9. The number of ether oxygens (including phenoxy) is 2. The van der Waals surface area contributed by atoms with E-state index in [1.807, 2.05) is 32.0 Å². The van der Waals surface area contributed by atoms with Crippen LogP contribution in [0.2, 0.25) is 0 Å². The van der Waals surface area contributed by atoms with Gasteiger partial charge in [0.15, 0.2) is 6.61 Å². The minimum absolute atomic E-state index is 0.0623. The average molecular weight is 305 g/mol. The van der Waals surface area contributed by atoms with Gasteiger partial charge in [-0.3, -0.25) is 4.79 Å². The normalized spacial score (nSPS) is 19.0. The number of rotatable bonds is 7. The van der Waals surface area contributed by atoms with Gasteiger partial charge in [-0.25, -0.2) is 0 Å². The molecule has 0 aromatic heterocycles. The summed E-state index contributed by atoms with van der Waals surface area (Å²) in [7, 11) is 0. The van der Waals surface area contributed by atoms with Gasteiger partial charge in [-0.15, -0.1) is 0 Å². The molecule has 0 saturated carbocycles. The predicted molar refractivity (Wildman–Crippen MR) is 87.2 cm³/mol. The van der Waals surface area contributed by atoms with Crippen LogP contribution in [-0.4, -0.2) is 31.3 Å². The maximum atomic E-state index is 11.9. The Kier molecular flexibility index (Phi) is 6.25. The maximum absolute atomic E-state index is 11.9. The van der Waals surface area contributed by atoms with Crippen molar-refractivity contribution in [2.75, 3.05) is 13.2 Å². The van der Waals surface area contributed by atoms with Crippen molar-refractivity contribution >= 4 is 5.91 Å². The van der Waals surface area contributed by atoms with Crippen LogP contribution in [-0.2, 0) is 9.53 Å². The highest BCUT2D eigenvalue weighted by Gasteiger charge is 2.17. The molecule has 1 aromatic rings. The summed E-state index contributed by atoms with van der Waals surface area (Å²) < 4.78 is 11.1. The summed E-state index contributed by atoms with van der Waals surface area (Å²) in [5.74, 6) is 0.670. The van der Waals surface area contributed by atoms with E-state index in [0.717, 1.165) is 38.0 Å². The van der Waals surface area contributed by atoms with Gasteiger partial charge < -0.3 is 14.8 Å². The monoisotopic (exact) mass is 305 g/mol. The summed E-state index contributed by atoms with van der Waals surface area (Å²) in [6, 6.07) is 6.02. The van der Waals surface area contributed by atoms with E-state index in [2.05, 4.69) is 12.2 Å². The van der Waals surface area contributed by atoms with E-state index >= 15 is 0 Å². The van der Waals surface area contributed by atoms with Gasteiger partial charge in [-0.05, 0) is 69.7 Å². The van der Waals surface area contributed by atoms with E-state index in [1.54, 1.807) is 0 Å². The second-order valence-corrected chi connectivity index (χ2v) is 6.22. The van der Waals surface area contributed by atoms with Crippen LogP contribution in [0.15, 0.2) is 18.2 Å². The molecule has 1 aliphatic rings. The van der Waals surface area contributed by atoms with Gasteiger partial charge in [0.05, 0.1) is 6.10 Å². The quantitative estimate of drug-likeness (QED) is 0.842. The highest BCUT2D eigenvalue weighted by atomic mass is 16.5. The van der Waals surface area contributed by atoms with Crippen molar-refractivity contribution in [3.63, 3.8) is 0 Å². The molecule has 22 heavy (non-hydrogen) atoms. The fraction of sp³-hybridized carbons (Fsp3) is 0.611. The van der Waals surface area contributed by atoms with Crippen molar-refractivity contribution in [3.8, 4) is 5.75 Å². The standard InChI is InChI=1S/C18H27NO3/c1-13-6-8-17(11-14(13)2)22-12-18(20)19-15(3)7-9-16-5-4-10-21-16/h6,8,11,15-16H,4-5,7,9-10,12H2,1-3H3,(H,19,20)/t15-,16-/m0/s1. The Labute approximate surface area is 133 Å². The molecule has 2 rings (SSSR count). The van der Waals surface area contributed by atoms with Gasteiger partial charge in [-0.2, -0.15) is 0 Å². The number of carbonyl (C=O) groups excluding carboxylic acids is 1. The van der Waals surface area contributed by atoms with Crippen LogP contribution in [0.1, 0.15) is 43.7 Å². The van der Waals surface area contributed by atoms with E-state index in [1.165, 1.54) is 11.1 Å². The molecule has 1 heterocycles. The minimum atomic E-state index is -0.0712. The first kappa shape index (κ1) is 16.8. The smallest absolute Gasteiger partial charge is 0.258 e. The minimum Gasteiger partial charge on any atom is -0.484 e. The number of benzene rings is 1. The molecular formula is C18H27NO3. The highest BCUT2D eigenvalue weighted by molar-refractivity contribution is 5.77. The molecule has 4 nitrogen and oxygen atoms in total. The lowest BCUT2D eigenvalue weighted by Crippen LogP contribution is -2.36. The van der Waals surface area contributed by atoms with Crippen molar-refractivity contribution in [2.24, 2.45) is 0 Å². The van der Waals surface area contributed by atoms with E-state index in [9.17, 15) is 4.79 Å². The van der Waals surface area contributed by atoms with Crippen molar-refractivity contribution < 1.29 is 14.3 Å². The lowest BCUT2D eigenvalue weighted by Gasteiger charge is -2.16. The SMILES string of the molecule is Cc1ccc(OCC(=O)N[C@@H](C)CC[C@@H]2CCCO2)cc1C. The fourth-order valence-corrected chi connectivity index (χ4v) is 2.65. The van der Waals surface area contributed by atoms with E-state index in [4.69, 9.17) is 9.47 Å². The van der Waals surface area contributed by atoms with Gasteiger partial charge >= 0.3 is 0 Å². The lowest BCUT2D eigenvalue weighted by molar-refractivity contribution is -0.123. The largest absolute Gasteiger partial charge is 0.484 e. The summed E-state index contributed by atoms with van der Waals surface area (Å²) in [4.78, 5) is 11.9. The first-order chi connectivity index (χ1) is 10.5. The molecule has 0 aliphatic carbocycles. The van der Waals surface area contributed by atoms with Crippen LogP contribution in [0.3, 0.4) is 0 Å². The molecule has 1 fully saturated rings. The van der Waals surface area contributed by atoms with Gasteiger partial charge in [0.25, 0.3) is 5.91 Å². The third-order valence-corrected chi connectivity index (χ3v) is 4.20. The number of hydrogen-bond acceptors (Lipinski definition) is 3. The second-order valence-electron chi connectivity index (χ2n) is 6.22. The van der Waals surface area contributed by atoms with Crippen molar-refractivity contribution in [1.82, 2.24) is 5.32 Å². The Balaban J connectivity index is 1.66. The van der Waals surface area contributed by atoms with E-state index in [-0.39, 0.29) is 18.6 Å². The number of nitrogens with one attached hydrogen (secondary N) is 1. The van der Waals surface area contributed by atoms with Gasteiger partial charge in [0, 0.05) is 12.6 Å². The molecule has 2 atom stereocenters. The zero-order valence-electron chi connectivity index (χ0n) is 13.9. The highest BCUT2D eigenvalue weighted by Crippen LogP contribution is 2.18. The van der Waals surface area contributed by atoms with Crippen LogP contribution in [0.25, 0.3) is 0 Å². The molecule has 0 spiro atoms. The maximum Gasteiger partial charge on any atom is 0.258 e. The Morgan fingerprint density at radius 1 is 1.41 bits per heavy atom. The molecule has 1 N–H and O–H groups in total. The molecule has 4 heteroatoms. The summed E-state index contributed by atoms with van der Waals surface area (Å²) >= 11 is 0. The molecule has 0 unspecified atom stereocenters. The van der Waals surface area contributed by atoms with Crippen LogP contribution in [0.4, 0.5) is 0 Å². The van der Waals surface area contributed by atoms with E-state index in [0.29, 0.717) is 6.10 Å². The molecule has 0 radical (unpaired) electrons. The van der Waals surface area contributed by atoms with E-state index < -0.39 is 0 Å². The van der Waals surface area contributed by atoms with Gasteiger partial charge in [0.2, 0.25) is 0 Å². The Bertz CT molecular complexity index is 495. The first-order valence-corrected chi connectivity index (χ1v) is 8.15. The van der Waals surface area contributed by atoms with Gasteiger partial charge in [0.1, 0.15) is 5.75 Å². The van der Waals surface area contributed by atoms with Crippen molar-refractivity contribution in [3.05, 3.63) is 29.3 Å². The number of hydrogen-bond donors (Lipinski definition) is 1. The molecule has 1 saturated heterocycles. The molecule has 1 amide bonds. The number of carbonyl (C=O) groups is 1. The topological polar surface area (TPSA) is 47.6 Å².